The lowest BCUT2D eigenvalue weighted by Crippen LogP contribution is -1.98. The molecule has 0 saturated carbocycles. The first-order valence-corrected chi connectivity index (χ1v) is 14.1. The maximum Gasteiger partial charge on any atom is 0.0969 e. The third-order valence-corrected chi connectivity index (χ3v) is 8.52. The first-order chi connectivity index (χ1) is 26.0. The van der Waals surface area contributed by atoms with Crippen LogP contribution < -0.4 is 0 Å². The molecule has 0 aliphatic heterocycles. The molecular formula is C40H24N4. The summed E-state index contributed by atoms with van der Waals surface area (Å²) in [6.07, 6.45) is 3.33. The normalized spacial score (nSPS) is 15.3. The molecule has 0 aliphatic rings. The Morgan fingerprint density at radius 1 is 0.432 bits per heavy atom. The van der Waals surface area contributed by atoms with Gasteiger partial charge in [-0.05, 0) is 70.0 Å². The summed E-state index contributed by atoms with van der Waals surface area (Å²) >= 11 is 0. The molecule has 4 aromatic heterocycles. The van der Waals surface area contributed by atoms with E-state index in [1.165, 1.54) is 0 Å². The summed E-state index contributed by atoms with van der Waals surface area (Å²) in [7, 11) is 0. The summed E-state index contributed by atoms with van der Waals surface area (Å²) in [4.78, 5) is 9.66. The smallest absolute Gasteiger partial charge is 0.0969 e. The first-order valence-electron chi connectivity index (χ1n) is 19.1. The van der Waals surface area contributed by atoms with Crippen molar-refractivity contribution in [2.24, 2.45) is 0 Å². The van der Waals surface area contributed by atoms with Gasteiger partial charge >= 0.3 is 0 Å². The summed E-state index contributed by atoms with van der Waals surface area (Å²) in [5, 5.41) is 5.80. The summed E-state index contributed by atoms with van der Waals surface area (Å²) in [5.41, 5.74) is 3.19. The molecule has 4 heterocycles. The Kier molecular flexibility index (Phi) is 3.19. The van der Waals surface area contributed by atoms with Gasteiger partial charge in [0.25, 0.3) is 0 Å². The molecule has 0 amide bonds. The van der Waals surface area contributed by atoms with Gasteiger partial charge in [0.15, 0.2) is 0 Å². The van der Waals surface area contributed by atoms with Crippen LogP contribution in [-0.2, 0) is 0 Å². The second-order valence-corrected chi connectivity index (χ2v) is 10.6. The van der Waals surface area contributed by atoms with Gasteiger partial charge < -0.3 is 9.13 Å². The van der Waals surface area contributed by atoms with Gasteiger partial charge in [-0.25, -0.2) is 0 Å². The minimum absolute atomic E-state index is 0.0393. The Balaban J connectivity index is 1.62. The predicted molar refractivity (Wildman–Crippen MR) is 183 cm³/mol. The highest BCUT2D eigenvalue weighted by atomic mass is 15.0. The van der Waals surface area contributed by atoms with Gasteiger partial charge in [0.2, 0.25) is 0 Å². The number of nitrogens with zero attached hydrogens (tertiary/aromatic N) is 4. The quantitative estimate of drug-likeness (QED) is 0.194. The molecule has 4 heteroatoms. The van der Waals surface area contributed by atoms with Gasteiger partial charge in [-0.15, -0.1) is 0 Å². The number of pyridine rings is 2. The molecule has 204 valence electrons. The minimum atomic E-state index is -0.509. The van der Waals surface area contributed by atoms with Crippen molar-refractivity contribution in [2.75, 3.05) is 0 Å². The number of para-hydroxylation sites is 2. The molecule has 0 bridgehead atoms. The molecule has 44 heavy (non-hydrogen) atoms. The van der Waals surface area contributed by atoms with E-state index < -0.39 is 36.3 Å². The molecule has 0 saturated heterocycles. The van der Waals surface area contributed by atoms with Crippen molar-refractivity contribution in [1.82, 2.24) is 19.1 Å². The topological polar surface area (TPSA) is 35.6 Å². The molecule has 6 aromatic carbocycles. The van der Waals surface area contributed by atoms with Crippen LogP contribution in [0, 0.1) is 0 Å². The zero-order valence-electron chi connectivity index (χ0n) is 32.9. The molecule has 0 atom stereocenters. The lowest BCUT2D eigenvalue weighted by molar-refractivity contribution is 1.18. The van der Waals surface area contributed by atoms with E-state index in [4.69, 9.17) is 23.7 Å². The maximum atomic E-state index is 9.13. The number of benzene rings is 6. The van der Waals surface area contributed by atoms with E-state index >= 15 is 0 Å². The van der Waals surface area contributed by atoms with Crippen molar-refractivity contribution in [1.29, 1.82) is 0 Å². The van der Waals surface area contributed by atoms with Crippen LogP contribution in [0.5, 0.6) is 0 Å². The molecule has 0 aliphatic carbocycles. The van der Waals surface area contributed by atoms with Crippen LogP contribution in [0.3, 0.4) is 0 Å². The highest BCUT2D eigenvalue weighted by Gasteiger charge is 2.26. The fourth-order valence-corrected chi connectivity index (χ4v) is 6.99. The molecule has 0 radical (unpaired) electrons. The van der Waals surface area contributed by atoms with E-state index in [1.54, 1.807) is 33.7 Å². The van der Waals surface area contributed by atoms with Gasteiger partial charge in [-0.2, -0.15) is 0 Å². The molecular weight excluding hydrogens is 536 g/mol. The third kappa shape index (κ3) is 2.96. The fraction of sp³-hybridized carbons (Fsp3) is 0. The van der Waals surface area contributed by atoms with Gasteiger partial charge in [-0.3, -0.25) is 9.97 Å². The monoisotopic (exact) mass is 570 g/mol. The van der Waals surface area contributed by atoms with Crippen LogP contribution >= 0.6 is 0 Å². The van der Waals surface area contributed by atoms with Crippen LogP contribution in [0.25, 0.3) is 87.6 Å². The van der Waals surface area contributed by atoms with E-state index in [0.29, 0.717) is 54.6 Å². The molecule has 0 unspecified atom stereocenters. The second kappa shape index (κ2) is 8.76. The summed E-state index contributed by atoms with van der Waals surface area (Å²) in [6.45, 7) is 0. The van der Waals surface area contributed by atoms with Gasteiger partial charge in [0, 0.05) is 45.3 Å². The van der Waals surface area contributed by atoms with Crippen molar-refractivity contribution >= 4 is 76.2 Å². The number of fused-ring (bicyclic) bond motifs is 15. The van der Waals surface area contributed by atoms with Crippen LogP contribution in [0.1, 0.15) is 13.7 Å². The van der Waals surface area contributed by atoms with Crippen LogP contribution in [0.4, 0.5) is 0 Å². The van der Waals surface area contributed by atoms with Crippen molar-refractivity contribution in [3.8, 4) is 11.4 Å². The third-order valence-electron chi connectivity index (χ3n) is 8.52. The van der Waals surface area contributed by atoms with E-state index in [0.717, 1.165) is 21.5 Å². The molecule has 0 N–H and O–H groups in total. The van der Waals surface area contributed by atoms with Crippen LogP contribution in [0.15, 0.2) is 146 Å². The number of rotatable bonds is 2. The Morgan fingerprint density at radius 2 is 0.818 bits per heavy atom. The SMILES string of the molecule is [2H]c1c([2H])c([2H])c(-n2c3cccnc3c3c4ccccc4c4c(c5ccccc5c5c6ncccc6n(-c6c([2H])c([2H])c([2H])c([2H])c6[2H])c54)c32)c([2H])c1[2H]. The van der Waals surface area contributed by atoms with E-state index in [1.807, 2.05) is 60.7 Å². The maximum absolute atomic E-state index is 9.13. The average molecular weight is 571 g/mol. The highest BCUT2D eigenvalue weighted by Crippen LogP contribution is 2.49. The zero-order chi connectivity index (χ0) is 37.5. The van der Waals surface area contributed by atoms with Gasteiger partial charge in [-0.1, -0.05) is 84.8 Å². The number of hydrogen-bond donors (Lipinski definition) is 0. The largest absolute Gasteiger partial charge is 0.307 e. The fourth-order valence-electron chi connectivity index (χ4n) is 6.99. The van der Waals surface area contributed by atoms with Crippen molar-refractivity contribution < 1.29 is 13.7 Å². The number of hydrogen-bond acceptors (Lipinski definition) is 2. The molecule has 0 fully saturated rings. The Hall–Kier alpha value is -6.00. The predicted octanol–water partition coefficient (Wildman–Crippen LogP) is 10.1. The Bertz CT molecular complexity index is 3070. The second-order valence-electron chi connectivity index (χ2n) is 10.6. The minimum Gasteiger partial charge on any atom is -0.307 e. The van der Waals surface area contributed by atoms with Gasteiger partial charge in [0.05, 0.1) is 46.8 Å². The lowest BCUT2D eigenvalue weighted by Gasteiger charge is -2.17. The zero-order valence-corrected chi connectivity index (χ0v) is 22.9. The number of aromatic nitrogens is 4. The average Bonchev–Trinajstić information content (AvgIpc) is 3.72. The molecule has 0 spiro atoms. The Labute approximate surface area is 266 Å². The van der Waals surface area contributed by atoms with Crippen LogP contribution in [-0.4, -0.2) is 19.1 Å². The Morgan fingerprint density at radius 3 is 1.23 bits per heavy atom. The summed E-state index contributed by atoms with van der Waals surface area (Å²) < 4.78 is 91.2. The van der Waals surface area contributed by atoms with E-state index in [9.17, 15) is 0 Å². The molecule has 10 rings (SSSR count). The lowest BCUT2D eigenvalue weighted by atomic mass is 9.91. The van der Waals surface area contributed by atoms with Crippen molar-refractivity contribution in [3.63, 3.8) is 0 Å². The van der Waals surface area contributed by atoms with Crippen molar-refractivity contribution in [3.05, 3.63) is 146 Å². The van der Waals surface area contributed by atoms with Crippen LogP contribution in [0.2, 0.25) is 0 Å². The molecule has 10 aromatic rings. The summed E-state index contributed by atoms with van der Waals surface area (Å²) in [5.74, 6) is 0. The van der Waals surface area contributed by atoms with E-state index in [-0.39, 0.29) is 35.5 Å². The highest BCUT2D eigenvalue weighted by molar-refractivity contribution is 6.43. The first kappa shape index (κ1) is 16.0. The van der Waals surface area contributed by atoms with E-state index in [2.05, 4.69) is 0 Å². The van der Waals surface area contributed by atoms with Gasteiger partial charge in [0.1, 0.15) is 0 Å². The standard InChI is InChI=1S/C40H24N4/c1-3-13-25(14-4-1)43-31-21-11-23-41-37(31)35-29-19-9-8-18-28(29)34-33(39(35)43)27-17-7-10-20-30(27)36-38-32(22-12-24-42-38)44(40(34)36)26-15-5-2-6-16-26/h1-24H/i1D,2D,3D,4D,5D,6D,13D,14D,15D,16D. The summed E-state index contributed by atoms with van der Waals surface area (Å²) in [6, 6.07) is 18.1. The van der Waals surface area contributed by atoms with Crippen molar-refractivity contribution in [2.45, 2.75) is 0 Å². The molecule has 4 nitrogen and oxygen atoms in total.